The summed E-state index contributed by atoms with van der Waals surface area (Å²) < 4.78 is 18.7. The van der Waals surface area contributed by atoms with Gasteiger partial charge in [-0.3, -0.25) is 14.9 Å². The molecule has 0 unspecified atom stereocenters. The Kier molecular flexibility index (Phi) is 10.4. The van der Waals surface area contributed by atoms with Crippen LogP contribution < -0.4 is 15.8 Å². The highest BCUT2D eigenvalue weighted by molar-refractivity contribution is 6.18. The fourth-order valence-electron chi connectivity index (χ4n) is 3.96. The molecule has 0 bridgehead atoms. The van der Waals surface area contributed by atoms with E-state index in [-0.39, 0.29) is 23.9 Å². The molecule has 3 N–H and O–H groups in total. The van der Waals surface area contributed by atoms with Gasteiger partial charge in [0.1, 0.15) is 16.9 Å². The van der Waals surface area contributed by atoms with Crippen molar-refractivity contribution in [2.45, 2.75) is 59.6 Å². The van der Waals surface area contributed by atoms with Crippen molar-refractivity contribution in [2.24, 2.45) is 5.73 Å². The number of aromatic nitrogens is 3. The number of alkyl halides is 1. The number of hydrogen-bond donors (Lipinski definition) is 2. The van der Waals surface area contributed by atoms with Crippen LogP contribution in [0.15, 0.2) is 28.7 Å². The number of aryl methyl sites for hydroxylation is 2. The molecule has 0 saturated carbocycles. The summed E-state index contributed by atoms with van der Waals surface area (Å²) >= 11 is 5.84. The fraction of sp³-hybridized carbons (Fsp3) is 0.464. The van der Waals surface area contributed by atoms with Gasteiger partial charge in [0.2, 0.25) is 17.6 Å². The molecule has 2 aromatic heterocycles. The molecule has 2 heterocycles. The van der Waals surface area contributed by atoms with Gasteiger partial charge in [-0.05, 0) is 45.7 Å². The van der Waals surface area contributed by atoms with Crippen molar-refractivity contribution < 1.29 is 28.3 Å². The molecule has 0 radical (unpaired) electrons. The number of nitrogens with two attached hydrogens (primary N) is 1. The van der Waals surface area contributed by atoms with Crippen LogP contribution in [0.4, 0.5) is 10.7 Å². The number of anilines is 1. The van der Waals surface area contributed by atoms with Crippen LogP contribution in [0.2, 0.25) is 0 Å². The molecule has 0 fully saturated rings. The average Bonchev–Trinajstić information content (AvgIpc) is 3.45. The molecule has 3 rings (SSSR count). The monoisotopic (exact) mass is 588 g/mol. The second-order valence-electron chi connectivity index (χ2n) is 10.3. The zero-order valence-electron chi connectivity index (χ0n) is 24.2. The number of nitrogens with one attached hydrogen (secondary N) is 1. The largest absolute Gasteiger partial charge is 0.491 e. The van der Waals surface area contributed by atoms with E-state index in [2.05, 4.69) is 15.3 Å². The van der Waals surface area contributed by atoms with Crippen molar-refractivity contribution in [3.8, 4) is 5.75 Å². The molecule has 0 atom stereocenters. The first-order chi connectivity index (χ1) is 19.3. The summed E-state index contributed by atoms with van der Waals surface area (Å²) in [6, 6.07) is 3.07. The van der Waals surface area contributed by atoms with Gasteiger partial charge in [-0.15, -0.1) is 11.6 Å². The van der Waals surface area contributed by atoms with Crippen LogP contribution >= 0.6 is 11.6 Å². The van der Waals surface area contributed by atoms with Crippen molar-refractivity contribution >= 4 is 46.5 Å². The normalized spacial score (nSPS) is 11.7. The Morgan fingerprint density at radius 3 is 2.59 bits per heavy atom. The van der Waals surface area contributed by atoms with Crippen LogP contribution in [0.1, 0.15) is 66.6 Å². The lowest BCUT2D eigenvalue weighted by Crippen LogP contribution is -2.35. The number of hydrogen-bond acceptors (Lipinski definition) is 8. The Morgan fingerprint density at radius 1 is 1.22 bits per heavy atom. The van der Waals surface area contributed by atoms with Crippen molar-refractivity contribution in [1.29, 1.82) is 0 Å². The zero-order valence-corrected chi connectivity index (χ0v) is 25.0. The van der Waals surface area contributed by atoms with Gasteiger partial charge in [-0.2, -0.15) is 0 Å². The standard InChI is InChI=1S/C28H37ClN6O6/c1-7-19-23(40-17(2)31-19)25(37)33-26-32-20-15-18(24(30)36)16-21(22(20)35(26)13-9-8-11-29)39-14-10-12-34(6)27(38)41-28(3,4)5/h8-9,15-16H,7,10-14H2,1-6H3,(H2,30,36)(H,32,33,37)/b9-8+. The van der Waals surface area contributed by atoms with Crippen molar-refractivity contribution in [1.82, 2.24) is 19.4 Å². The molecule has 3 aromatic rings. The highest BCUT2D eigenvalue weighted by Gasteiger charge is 2.23. The Balaban J connectivity index is 1.93. The molecule has 1 aromatic carbocycles. The molecule has 0 aliphatic heterocycles. The Bertz CT molecular complexity index is 1440. The van der Waals surface area contributed by atoms with Gasteiger partial charge >= 0.3 is 6.09 Å². The number of benzene rings is 1. The first kappa shape index (κ1) is 31.5. The number of primary amides is 1. The molecule has 13 heteroatoms. The zero-order chi connectivity index (χ0) is 30.3. The van der Waals surface area contributed by atoms with E-state index < -0.39 is 23.5 Å². The number of nitrogens with zero attached hydrogens (tertiary/aromatic N) is 4. The van der Waals surface area contributed by atoms with Gasteiger partial charge in [-0.1, -0.05) is 19.1 Å². The molecule has 12 nitrogen and oxygen atoms in total. The number of allylic oxidation sites excluding steroid dienone is 2. The maximum absolute atomic E-state index is 13.2. The summed E-state index contributed by atoms with van der Waals surface area (Å²) in [5.41, 5.74) is 6.63. The number of ether oxygens (including phenoxy) is 2. The topological polar surface area (TPSA) is 155 Å². The van der Waals surface area contributed by atoms with Crippen molar-refractivity contribution in [3.05, 3.63) is 47.2 Å². The lowest BCUT2D eigenvalue weighted by Gasteiger charge is -2.24. The molecule has 41 heavy (non-hydrogen) atoms. The lowest BCUT2D eigenvalue weighted by atomic mass is 10.1. The number of fused-ring (bicyclic) bond motifs is 1. The summed E-state index contributed by atoms with van der Waals surface area (Å²) in [4.78, 5) is 47.8. The Labute approximate surface area is 243 Å². The van der Waals surface area contributed by atoms with Crippen LogP contribution in [0.25, 0.3) is 11.0 Å². The highest BCUT2D eigenvalue weighted by Crippen LogP contribution is 2.31. The average molecular weight is 589 g/mol. The van der Waals surface area contributed by atoms with E-state index in [1.165, 1.54) is 17.0 Å². The third-order valence-corrected chi connectivity index (χ3v) is 5.98. The summed E-state index contributed by atoms with van der Waals surface area (Å²) in [7, 11) is 1.65. The quantitative estimate of drug-likeness (QED) is 0.176. The van der Waals surface area contributed by atoms with Gasteiger partial charge in [0.15, 0.2) is 5.89 Å². The van der Waals surface area contributed by atoms with Gasteiger partial charge in [0, 0.05) is 38.5 Å². The van der Waals surface area contributed by atoms with E-state index in [9.17, 15) is 14.4 Å². The predicted octanol–water partition coefficient (Wildman–Crippen LogP) is 4.68. The number of rotatable bonds is 12. The Morgan fingerprint density at radius 2 is 1.95 bits per heavy atom. The second kappa shape index (κ2) is 13.5. The maximum atomic E-state index is 13.2. The summed E-state index contributed by atoms with van der Waals surface area (Å²) in [5.74, 6) is 0.153. The second-order valence-corrected chi connectivity index (χ2v) is 10.6. The van der Waals surface area contributed by atoms with E-state index in [0.29, 0.717) is 60.2 Å². The summed E-state index contributed by atoms with van der Waals surface area (Å²) in [5, 5.41) is 2.80. The molecular weight excluding hydrogens is 552 g/mol. The number of carbonyl (C=O) groups excluding carboxylic acids is 3. The fourth-order valence-corrected chi connectivity index (χ4v) is 4.08. The number of amides is 3. The van der Waals surface area contributed by atoms with Crippen LogP contribution in [0.3, 0.4) is 0 Å². The molecule has 3 amide bonds. The first-order valence-corrected chi connectivity index (χ1v) is 13.8. The number of imidazole rings is 1. The molecule has 0 aliphatic rings. The molecule has 0 saturated heterocycles. The molecule has 0 spiro atoms. The SMILES string of the molecule is CCc1nc(C)oc1C(=O)Nc1nc2cc(C(N)=O)cc(OCCCN(C)C(=O)OC(C)(C)C)c2n1C/C=C/CCl. The van der Waals surface area contributed by atoms with Gasteiger partial charge in [0.05, 0.1) is 17.8 Å². The smallest absolute Gasteiger partial charge is 0.410 e. The Hall–Kier alpha value is -4.06. The van der Waals surface area contributed by atoms with E-state index in [4.69, 9.17) is 31.2 Å². The first-order valence-electron chi connectivity index (χ1n) is 13.2. The van der Waals surface area contributed by atoms with E-state index >= 15 is 0 Å². The minimum atomic E-state index is -0.659. The van der Waals surface area contributed by atoms with Crippen molar-refractivity contribution in [3.63, 3.8) is 0 Å². The van der Waals surface area contributed by atoms with Crippen LogP contribution in [-0.4, -0.2) is 69.0 Å². The lowest BCUT2D eigenvalue weighted by molar-refractivity contribution is 0.0292. The predicted molar refractivity (Wildman–Crippen MR) is 156 cm³/mol. The van der Waals surface area contributed by atoms with Crippen LogP contribution in [-0.2, 0) is 17.7 Å². The van der Waals surface area contributed by atoms with Crippen LogP contribution in [0.5, 0.6) is 5.75 Å². The van der Waals surface area contributed by atoms with E-state index in [1.807, 2.05) is 13.0 Å². The minimum Gasteiger partial charge on any atom is -0.491 e. The molecular formula is C28H37ClN6O6. The maximum Gasteiger partial charge on any atom is 0.410 e. The van der Waals surface area contributed by atoms with Gasteiger partial charge in [-0.25, -0.2) is 14.8 Å². The van der Waals surface area contributed by atoms with Crippen molar-refractivity contribution in [2.75, 3.05) is 31.4 Å². The number of oxazole rings is 1. The third-order valence-electron chi connectivity index (χ3n) is 5.81. The van der Waals surface area contributed by atoms with Crippen LogP contribution in [0, 0.1) is 6.92 Å². The third kappa shape index (κ3) is 8.23. The minimum absolute atomic E-state index is 0.100. The summed E-state index contributed by atoms with van der Waals surface area (Å²) in [6.45, 7) is 9.84. The number of carbonyl (C=O) groups is 3. The highest BCUT2D eigenvalue weighted by atomic mass is 35.5. The molecule has 0 aliphatic carbocycles. The van der Waals surface area contributed by atoms with Gasteiger partial charge in [0.25, 0.3) is 5.91 Å². The number of halogens is 1. The molecule has 222 valence electrons. The van der Waals surface area contributed by atoms with Gasteiger partial charge < -0.3 is 29.1 Å². The van der Waals surface area contributed by atoms with E-state index in [1.54, 1.807) is 45.4 Å². The summed E-state index contributed by atoms with van der Waals surface area (Å²) in [6.07, 6.45) is 4.14. The van der Waals surface area contributed by atoms with E-state index in [0.717, 1.165) is 0 Å².